The molecule has 1 N–H and O–H groups in total. The summed E-state index contributed by atoms with van der Waals surface area (Å²) in [4.78, 5) is 0. The summed E-state index contributed by atoms with van der Waals surface area (Å²) >= 11 is 0. The molecule has 1 spiro atoms. The van der Waals surface area contributed by atoms with E-state index in [1.807, 2.05) is 6.07 Å². The first-order valence-electron chi connectivity index (χ1n) is 6.16. The average Bonchev–Trinajstić information content (AvgIpc) is 2.95. The van der Waals surface area contributed by atoms with Crippen LogP contribution in [0.25, 0.3) is 0 Å². The van der Waals surface area contributed by atoms with Gasteiger partial charge < -0.3 is 14.6 Å². The van der Waals surface area contributed by atoms with Gasteiger partial charge in [-0.25, -0.2) is 0 Å². The molecule has 3 rings (SSSR count). The van der Waals surface area contributed by atoms with Crippen molar-refractivity contribution >= 4 is 0 Å². The van der Waals surface area contributed by atoms with Crippen LogP contribution in [0, 0.1) is 5.92 Å². The van der Waals surface area contributed by atoms with E-state index in [9.17, 15) is 0 Å². The van der Waals surface area contributed by atoms with Gasteiger partial charge in [-0.1, -0.05) is 6.07 Å². The van der Waals surface area contributed by atoms with Crippen molar-refractivity contribution in [3.8, 4) is 5.75 Å². The fourth-order valence-electron chi connectivity index (χ4n) is 3.29. The summed E-state index contributed by atoms with van der Waals surface area (Å²) in [5.41, 5.74) is 3.22. The fourth-order valence-corrected chi connectivity index (χ4v) is 3.29. The molecule has 92 valence electrons. The van der Waals surface area contributed by atoms with Crippen molar-refractivity contribution in [3.63, 3.8) is 0 Å². The zero-order valence-corrected chi connectivity index (χ0v) is 10.1. The van der Waals surface area contributed by atoms with Gasteiger partial charge in [0.15, 0.2) is 0 Å². The highest BCUT2D eigenvalue weighted by molar-refractivity contribution is 5.48. The zero-order valence-electron chi connectivity index (χ0n) is 10.1. The molecule has 0 amide bonds. The van der Waals surface area contributed by atoms with E-state index in [1.54, 1.807) is 7.11 Å². The van der Waals surface area contributed by atoms with E-state index in [0.717, 1.165) is 12.2 Å². The van der Waals surface area contributed by atoms with E-state index in [0.29, 0.717) is 17.9 Å². The minimum atomic E-state index is -0.169. The SMILES string of the molecule is COc1ccc2c(c1)C1(CC2)CC1COCO. The predicted octanol–water partition coefficient (Wildman–Crippen LogP) is 1.87. The molecular weight excluding hydrogens is 216 g/mol. The largest absolute Gasteiger partial charge is 0.497 e. The molecular formula is C14H18O3. The van der Waals surface area contributed by atoms with E-state index in [4.69, 9.17) is 14.6 Å². The average molecular weight is 234 g/mol. The van der Waals surface area contributed by atoms with Crippen LogP contribution in [0.1, 0.15) is 24.0 Å². The molecule has 0 aromatic heterocycles. The maximum absolute atomic E-state index is 8.71. The maximum atomic E-state index is 8.71. The van der Waals surface area contributed by atoms with Crippen LogP contribution in [0.4, 0.5) is 0 Å². The molecule has 0 heterocycles. The summed E-state index contributed by atoms with van der Waals surface area (Å²) in [7, 11) is 1.71. The van der Waals surface area contributed by atoms with Gasteiger partial charge in [-0.15, -0.1) is 0 Å². The molecule has 0 bridgehead atoms. The first-order valence-corrected chi connectivity index (χ1v) is 6.16. The summed E-state index contributed by atoms with van der Waals surface area (Å²) in [6.07, 6.45) is 3.57. The quantitative estimate of drug-likeness (QED) is 0.808. The Morgan fingerprint density at radius 1 is 1.47 bits per heavy atom. The number of ether oxygens (including phenoxy) is 2. The molecule has 3 heteroatoms. The van der Waals surface area contributed by atoms with Crippen molar-refractivity contribution in [2.45, 2.75) is 24.7 Å². The Hall–Kier alpha value is -1.06. The molecule has 0 saturated heterocycles. The van der Waals surface area contributed by atoms with Gasteiger partial charge in [0.05, 0.1) is 13.7 Å². The van der Waals surface area contributed by atoms with Gasteiger partial charge in [0, 0.05) is 5.41 Å². The normalized spacial score (nSPS) is 29.4. The lowest BCUT2D eigenvalue weighted by molar-refractivity contribution is -0.00844. The molecule has 2 unspecified atom stereocenters. The lowest BCUT2D eigenvalue weighted by Crippen LogP contribution is -2.10. The minimum absolute atomic E-state index is 0.169. The molecule has 1 saturated carbocycles. The highest BCUT2D eigenvalue weighted by Gasteiger charge is 2.57. The summed E-state index contributed by atoms with van der Waals surface area (Å²) in [5.74, 6) is 1.52. The van der Waals surface area contributed by atoms with Crippen LogP contribution in [-0.4, -0.2) is 25.6 Å². The second kappa shape index (κ2) is 4.00. The maximum Gasteiger partial charge on any atom is 0.143 e. The molecule has 2 aliphatic carbocycles. The van der Waals surface area contributed by atoms with Crippen molar-refractivity contribution in [3.05, 3.63) is 29.3 Å². The van der Waals surface area contributed by atoms with Crippen LogP contribution in [0.3, 0.4) is 0 Å². The summed E-state index contributed by atoms with van der Waals surface area (Å²) in [6.45, 7) is 0.505. The Balaban J connectivity index is 1.84. The van der Waals surface area contributed by atoms with Gasteiger partial charge in [0.1, 0.15) is 12.5 Å². The second-order valence-corrected chi connectivity index (χ2v) is 5.08. The number of aryl methyl sites for hydroxylation is 1. The fraction of sp³-hybridized carbons (Fsp3) is 0.571. The van der Waals surface area contributed by atoms with Crippen LogP contribution in [0.15, 0.2) is 18.2 Å². The predicted molar refractivity (Wildman–Crippen MR) is 64.1 cm³/mol. The number of hydrogen-bond acceptors (Lipinski definition) is 3. The number of aliphatic hydroxyl groups excluding tert-OH is 1. The number of hydrogen-bond donors (Lipinski definition) is 1. The Bertz CT molecular complexity index is 429. The smallest absolute Gasteiger partial charge is 0.143 e. The Kier molecular flexibility index (Phi) is 2.60. The third kappa shape index (κ3) is 1.65. The van der Waals surface area contributed by atoms with Gasteiger partial charge in [-0.2, -0.15) is 0 Å². The number of benzene rings is 1. The van der Waals surface area contributed by atoms with Gasteiger partial charge >= 0.3 is 0 Å². The molecule has 1 fully saturated rings. The molecule has 1 aromatic rings. The lowest BCUT2D eigenvalue weighted by Gasteiger charge is -2.12. The van der Waals surface area contributed by atoms with Crippen molar-refractivity contribution in [1.82, 2.24) is 0 Å². The van der Waals surface area contributed by atoms with Gasteiger partial charge in [0.25, 0.3) is 0 Å². The van der Waals surface area contributed by atoms with Crippen molar-refractivity contribution in [2.24, 2.45) is 5.92 Å². The summed E-state index contributed by atoms with van der Waals surface area (Å²) in [5, 5.41) is 8.71. The van der Waals surface area contributed by atoms with Crippen LogP contribution < -0.4 is 4.74 Å². The third-order valence-corrected chi connectivity index (χ3v) is 4.34. The van der Waals surface area contributed by atoms with Crippen molar-refractivity contribution < 1.29 is 14.6 Å². The number of fused-ring (bicyclic) bond motifs is 2. The zero-order chi connectivity index (χ0) is 11.9. The monoisotopic (exact) mass is 234 g/mol. The third-order valence-electron chi connectivity index (χ3n) is 4.34. The van der Waals surface area contributed by atoms with Crippen LogP contribution in [0.2, 0.25) is 0 Å². The summed E-state index contributed by atoms with van der Waals surface area (Å²) < 4.78 is 10.4. The Labute approximate surface area is 101 Å². The van der Waals surface area contributed by atoms with Crippen LogP contribution in [-0.2, 0) is 16.6 Å². The van der Waals surface area contributed by atoms with E-state index >= 15 is 0 Å². The lowest BCUT2D eigenvalue weighted by atomic mass is 9.95. The molecule has 17 heavy (non-hydrogen) atoms. The van der Waals surface area contributed by atoms with Gasteiger partial charge in [-0.05, 0) is 48.4 Å². The Morgan fingerprint density at radius 3 is 3.12 bits per heavy atom. The van der Waals surface area contributed by atoms with E-state index < -0.39 is 0 Å². The first-order chi connectivity index (χ1) is 8.30. The first kappa shape index (κ1) is 11.1. The standard InChI is InChI=1S/C14H18O3/c1-16-12-3-2-10-4-5-14(13(10)6-12)7-11(14)8-17-9-15/h2-3,6,11,15H,4-5,7-9H2,1H3. The van der Waals surface area contributed by atoms with Crippen LogP contribution >= 0.6 is 0 Å². The van der Waals surface area contributed by atoms with Crippen molar-refractivity contribution in [2.75, 3.05) is 20.5 Å². The number of rotatable bonds is 4. The van der Waals surface area contributed by atoms with Gasteiger partial charge in [-0.3, -0.25) is 0 Å². The summed E-state index contributed by atoms with van der Waals surface area (Å²) in [6, 6.07) is 6.41. The molecule has 0 aliphatic heterocycles. The second-order valence-electron chi connectivity index (χ2n) is 5.08. The van der Waals surface area contributed by atoms with E-state index in [1.165, 1.54) is 24.0 Å². The topological polar surface area (TPSA) is 38.7 Å². The Morgan fingerprint density at radius 2 is 2.35 bits per heavy atom. The molecule has 0 radical (unpaired) electrons. The van der Waals surface area contributed by atoms with E-state index in [-0.39, 0.29) is 6.79 Å². The van der Waals surface area contributed by atoms with Crippen molar-refractivity contribution in [1.29, 1.82) is 0 Å². The highest BCUT2D eigenvalue weighted by Crippen LogP contribution is 2.61. The number of aliphatic hydroxyl groups is 1. The molecule has 3 nitrogen and oxygen atoms in total. The van der Waals surface area contributed by atoms with Gasteiger partial charge in [0.2, 0.25) is 0 Å². The molecule has 2 aliphatic rings. The van der Waals surface area contributed by atoms with E-state index in [2.05, 4.69) is 12.1 Å². The molecule has 1 aromatic carbocycles. The number of methoxy groups -OCH3 is 1. The van der Waals surface area contributed by atoms with Crippen LogP contribution in [0.5, 0.6) is 5.75 Å². The molecule has 2 atom stereocenters. The minimum Gasteiger partial charge on any atom is -0.497 e. The highest BCUT2D eigenvalue weighted by atomic mass is 16.6.